The molecule has 152 valence electrons. The molecule has 4 bridgehead atoms. The van der Waals surface area contributed by atoms with Gasteiger partial charge in [0.2, 0.25) is 11.1 Å². The molecule has 1 aromatic heterocycles. The molecular weight excluding hydrogens is 386 g/mol. The number of benzene rings is 1. The molecule has 0 aliphatic heterocycles. The number of nitrogens with one attached hydrogen (secondary N) is 3. The Hall–Kier alpha value is -2.35. The lowest BCUT2D eigenvalue weighted by atomic mass is 9.53. The van der Waals surface area contributed by atoms with E-state index in [1.807, 2.05) is 30.3 Å². The van der Waals surface area contributed by atoms with E-state index >= 15 is 0 Å². The summed E-state index contributed by atoms with van der Waals surface area (Å²) in [6.07, 6.45) is 7.15. The summed E-state index contributed by atoms with van der Waals surface area (Å²) in [5.74, 6) is 2.67. The molecule has 0 unspecified atom stereocenters. The van der Waals surface area contributed by atoms with Gasteiger partial charge in [-0.1, -0.05) is 42.1 Å². The lowest BCUT2D eigenvalue weighted by Crippen LogP contribution is -2.61. The number of rotatable bonds is 5. The molecule has 6 rings (SSSR count). The van der Waals surface area contributed by atoms with Gasteiger partial charge in [0.1, 0.15) is 0 Å². The van der Waals surface area contributed by atoms with Crippen molar-refractivity contribution < 1.29 is 9.59 Å². The second-order valence-electron chi connectivity index (χ2n) is 8.82. The van der Waals surface area contributed by atoms with Crippen LogP contribution in [0.15, 0.2) is 35.5 Å². The zero-order chi connectivity index (χ0) is 19.8. The highest BCUT2D eigenvalue weighted by Gasteiger charge is 2.51. The van der Waals surface area contributed by atoms with E-state index in [0.29, 0.717) is 11.0 Å². The summed E-state index contributed by atoms with van der Waals surface area (Å²) in [4.78, 5) is 29.1. The molecule has 8 heteroatoms. The zero-order valence-electron chi connectivity index (χ0n) is 16.2. The minimum Gasteiger partial charge on any atom is -0.332 e. The van der Waals surface area contributed by atoms with E-state index in [0.717, 1.165) is 42.6 Å². The van der Waals surface area contributed by atoms with E-state index in [1.165, 1.54) is 31.0 Å². The summed E-state index contributed by atoms with van der Waals surface area (Å²) >= 11 is 1.21. The Bertz CT molecular complexity index is 878. The largest absolute Gasteiger partial charge is 0.332 e. The fourth-order valence-corrected chi connectivity index (χ4v) is 6.46. The molecule has 2 aromatic rings. The lowest BCUT2D eigenvalue weighted by Gasteiger charge is -2.56. The van der Waals surface area contributed by atoms with E-state index in [1.54, 1.807) is 0 Å². The normalized spacial score (nSPS) is 29.6. The first-order valence-corrected chi connectivity index (χ1v) is 11.3. The maximum atomic E-state index is 12.4. The van der Waals surface area contributed by atoms with E-state index < -0.39 is 0 Å². The molecule has 3 amide bonds. The van der Waals surface area contributed by atoms with Gasteiger partial charge in [0.05, 0.1) is 5.75 Å². The monoisotopic (exact) mass is 411 g/mol. The van der Waals surface area contributed by atoms with Crippen LogP contribution in [0.1, 0.15) is 38.5 Å². The van der Waals surface area contributed by atoms with Crippen LogP contribution >= 0.6 is 11.8 Å². The molecule has 1 heterocycles. The summed E-state index contributed by atoms with van der Waals surface area (Å²) in [5, 5.41) is 13.2. The number of carbonyl (C=O) groups excluding carboxylic acids is 2. The van der Waals surface area contributed by atoms with Crippen LogP contribution in [0.3, 0.4) is 0 Å². The summed E-state index contributed by atoms with van der Waals surface area (Å²) < 4.78 is 0. The van der Waals surface area contributed by atoms with Crippen molar-refractivity contribution in [3.8, 4) is 11.4 Å². The quantitative estimate of drug-likeness (QED) is 0.655. The summed E-state index contributed by atoms with van der Waals surface area (Å²) in [7, 11) is 0. The van der Waals surface area contributed by atoms with Gasteiger partial charge in [-0.15, -0.1) is 5.10 Å². The second-order valence-corrected chi connectivity index (χ2v) is 9.76. The molecule has 4 saturated carbocycles. The molecule has 29 heavy (non-hydrogen) atoms. The average Bonchev–Trinajstić information content (AvgIpc) is 3.14. The van der Waals surface area contributed by atoms with E-state index in [-0.39, 0.29) is 23.2 Å². The molecule has 3 N–H and O–H groups in total. The van der Waals surface area contributed by atoms with Crippen molar-refractivity contribution in [1.82, 2.24) is 25.8 Å². The van der Waals surface area contributed by atoms with Crippen molar-refractivity contribution in [2.24, 2.45) is 17.8 Å². The SMILES string of the molecule is O=C(CSc1n[nH]c(-c2ccccc2)n1)NC(=O)NC12CC3CC(CC(C3)C1)C2. The topological polar surface area (TPSA) is 99.8 Å². The Labute approximate surface area is 173 Å². The lowest BCUT2D eigenvalue weighted by molar-refractivity contribution is -0.117. The van der Waals surface area contributed by atoms with Gasteiger partial charge in [-0.2, -0.15) is 0 Å². The predicted molar refractivity (Wildman–Crippen MR) is 110 cm³/mol. The molecule has 4 fully saturated rings. The van der Waals surface area contributed by atoms with E-state index in [4.69, 9.17) is 0 Å². The maximum absolute atomic E-state index is 12.4. The predicted octanol–water partition coefficient (Wildman–Crippen LogP) is 3.36. The minimum atomic E-state index is -0.363. The Morgan fingerprint density at radius 3 is 2.38 bits per heavy atom. The van der Waals surface area contributed by atoms with Crippen LogP contribution in [-0.2, 0) is 4.79 Å². The number of hydrogen-bond acceptors (Lipinski definition) is 5. The second kappa shape index (κ2) is 7.48. The van der Waals surface area contributed by atoms with Crippen molar-refractivity contribution in [2.75, 3.05) is 5.75 Å². The first kappa shape index (κ1) is 18.7. The number of thioether (sulfide) groups is 1. The number of nitrogens with zero attached hydrogens (tertiary/aromatic N) is 2. The van der Waals surface area contributed by atoms with Crippen LogP contribution in [-0.4, -0.2) is 38.4 Å². The molecule has 0 radical (unpaired) electrons. The van der Waals surface area contributed by atoms with Gasteiger partial charge in [0.25, 0.3) is 0 Å². The fraction of sp³-hybridized carbons (Fsp3) is 0.524. The molecular formula is C21H25N5O2S. The van der Waals surface area contributed by atoms with Crippen LogP contribution < -0.4 is 10.6 Å². The van der Waals surface area contributed by atoms with Crippen LogP contribution in [0.25, 0.3) is 11.4 Å². The Kier molecular flexibility index (Phi) is 4.81. The van der Waals surface area contributed by atoms with Crippen LogP contribution in [0.2, 0.25) is 0 Å². The van der Waals surface area contributed by atoms with Gasteiger partial charge in [-0.3, -0.25) is 15.2 Å². The van der Waals surface area contributed by atoms with Crippen molar-refractivity contribution in [2.45, 2.75) is 49.2 Å². The first-order chi connectivity index (χ1) is 14.1. The highest BCUT2D eigenvalue weighted by molar-refractivity contribution is 7.99. The number of H-pyrrole nitrogens is 1. The van der Waals surface area contributed by atoms with Crippen LogP contribution in [0.5, 0.6) is 0 Å². The Morgan fingerprint density at radius 2 is 1.72 bits per heavy atom. The third-order valence-corrected chi connectivity index (χ3v) is 7.36. The van der Waals surface area contributed by atoms with Gasteiger partial charge in [-0.05, 0) is 56.3 Å². The standard InChI is InChI=1S/C21H25N5O2S/c27-17(12-29-20-23-18(25-26-20)16-4-2-1-3-5-16)22-19(28)24-21-9-13-6-14(10-21)8-15(7-13)11-21/h1-5,13-15H,6-12H2,(H,23,25,26)(H2,22,24,27,28). The van der Waals surface area contributed by atoms with Gasteiger partial charge in [0, 0.05) is 11.1 Å². The number of amides is 3. The Balaban J connectivity index is 1.12. The number of imide groups is 1. The van der Waals surface area contributed by atoms with E-state index in [2.05, 4.69) is 25.8 Å². The molecule has 4 aliphatic rings. The number of carbonyl (C=O) groups is 2. The zero-order valence-corrected chi connectivity index (χ0v) is 17.0. The van der Waals surface area contributed by atoms with Crippen molar-refractivity contribution >= 4 is 23.7 Å². The van der Waals surface area contributed by atoms with Crippen molar-refractivity contribution in [1.29, 1.82) is 0 Å². The van der Waals surface area contributed by atoms with Gasteiger partial charge >= 0.3 is 6.03 Å². The summed E-state index contributed by atoms with van der Waals surface area (Å²) in [6.45, 7) is 0. The third-order valence-electron chi connectivity index (χ3n) is 6.51. The van der Waals surface area contributed by atoms with Crippen molar-refractivity contribution in [3.05, 3.63) is 30.3 Å². The highest BCUT2D eigenvalue weighted by atomic mass is 32.2. The molecule has 0 spiro atoms. The third kappa shape index (κ3) is 4.03. The number of hydrogen-bond donors (Lipinski definition) is 3. The van der Waals surface area contributed by atoms with Gasteiger partial charge in [0.15, 0.2) is 5.82 Å². The summed E-state index contributed by atoms with van der Waals surface area (Å²) in [6, 6.07) is 9.32. The summed E-state index contributed by atoms with van der Waals surface area (Å²) in [5.41, 5.74) is 0.840. The van der Waals surface area contributed by atoms with Crippen LogP contribution in [0, 0.1) is 17.8 Å². The average molecular weight is 412 g/mol. The van der Waals surface area contributed by atoms with Crippen molar-refractivity contribution in [3.63, 3.8) is 0 Å². The highest BCUT2D eigenvalue weighted by Crippen LogP contribution is 2.55. The van der Waals surface area contributed by atoms with Gasteiger partial charge in [-0.25, -0.2) is 9.78 Å². The minimum absolute atomic E-state index is 0.0966. The molecule has 1 aromatic carbocycles. The van der Waals surface area contributed by atoms with Gasteiger partial charge < -0.3 is 5.32 Å². The Morgan fingerprint density at radius 1 is 1.07 bits per heavy atom. The molecule has 0 saturated heterocycles. The number of urea groups is 1. The van der Waals surface area contributed by atoms with E-state index in [9.17, 15) is 9.59 Å². The maximum Gasteiger partial charge on any atom is 0.321 e. The molecule has 7 nitrogen and oxygen atoms in total. The first-order valence-electron chi connectivity index (χ1n) is 10.3. The van der Waals surface area contributed by atoms with Crippen LogP contribution in [0.4, 0.5) is 4.79 Å². The fourth-order valence-electron chi connectivity index (χ4n) is 5.86. The molecule has 0 atom stereocenters. The molecule has 4 aliphatic carbocycles. The smallest absolute Gasteiger partial charge is 0.321 e. The number of aromatic nitrogens is 3. The number of aromatic amines is 1.